The van der Waals surface area contributed by atoms with Crippen LogP contribution in [-0.2, 0) is 11.8 Å². The quantitative estimate of drug-likeness (QED) is 0.695. The van der Waals surface area contributed by atoms with Crippen molar-refractivity contribution in [2.45, 2.75) is 33.7 Å². The predicted molar refractivity (Wildman–Crippen MR) is 79.3 cm³/mol. The van der Waals surface area contributed by atoms with E-state index in [2.05, 4.69) is 4.98 Å². The van der Waals surface area contributed by atoms with E-state index in [1.807, 2.05) is 0 Å². The van der Waals surface area contributed by atoms with Gasteiger partial charge >= 0.3 is 11.5 Å². The van der Waals surface area contributed by atoms with Gasteiger partial charge in [-0.2, -0.15) is 4.98 Å². The summed E-state index contributed by atoms with van der Waals surface area (Å²) in [4.78, 5) is 41.0. The minimum atomic E-state index is -0.838. The third kappa shape index (κ3) is 1.63. The minimum Gasteiger partial charge on any atom is -0.428 e. The van der Waals surface area contributed by atoms with Crippen LogP contribution in [-0.4, -0.2) is 24.3 Å². The molecule has 0 fully saturated rings. The van der Waals surface area contributed by atoms with Crippen LogP contribution in [0, 0.1) is 13.8 Å². The highest BCUT2D eigenvalue weighted by Gasteiger charge is 2.24. The molecule has 0 aliphatic rings. The molecule has 0 radical (unpaired) electrons. The maximum absolute atomic E-state index is 12.8. The Morgan fingerprint density at radius 2 is 1.91 bits per heavy atom. The second-order valence-corrected chi connectivity index (χ2v) is 5.45. The molecule has 8 heteroatoms. The second-order valence-electron chi connectivity index (χ2n) is 5.45. The number of hydrogen-bond acceptors (Lipinski definition) is 5. The van der Waals surface area contributed by atoms with Crippen LogP contribution in [0.15, 0.2) is 14.0 Å². The zero-order valence-corrected chi connectivity index (χ0v) is 13.0. The second kappa shape index (κ2) is 4.43. The molecule has 0 amide bonds. The largest absolute Gasteiger partial charge is 0.428 e. The molecule has 0 aliphatic carbocycles. The first-order valence-electron chi connectivity index (χ1n) is 6.85. The Morgan fingerprint density at radius 3 is 2.50 bits per heavy atom. The highest BCUT2D eigenvalue weighted by atomic mass is 16.4. The maximum Gasteiger partial charge on any atom is 0.333 e. The Bertz CT molecular complexity index is 1050. The summed E-state index contributed by atoms with van der Waals surface area (Å²) in [5.74, 6) is 0.633. The van der Waals surface area contributed by atoms with Crippen molar-refractivity contribution in [2.75, 3.05) is 0 Å². The highest BCUT2D eigenvalue weighted by molar-refractivity contribution is 5.80. The number of Topliss-reactive ketones (excluding diaryl/α,β-unsaturated/α-hetero) is 1. The van der Waals surface area contributed by atoms with Crippen LogP contribution in [0.3, 0.4) is 0 Å². The van der Waals surface area contributed by atoms with Crippen molar-refractivity contribution in [3.63, 3.8) is 0 Å². The van der Waals surface area contributed by atoms with E-state index in [1.165, 1.54) is 25.5 Å². The highest BCUT2D eigenvalue weighted by Crippen LogP contribution is 2.19. The molecule has 0 spiro atoms. The first kappa shape index (κ1) is 14.3. The number of carbonyl (C=O) groups excluding carboxylic acids is 1. The van der Waals surface area contributed by atoms with Gasteiger partial charge < -0.3 is 4.42 Å². The van der Waals surface area contributed by atoms with E-state index >= 15 is 0 Å². The molecule has 0 N–H and O–H groups in total. The van der Waals surface area contributed by atoms with E-state index in [-0.39, 0.29) is 22.8 Å². The summed E-state index contributed by atoms with van der Waals surface area (Å²) >= 11 is 0. The molecule has 0 bridgehead atoms. The summed E-state index contributed by atoms with van der Waals surface area (Å²) in [5.41, 5.74) is 0.0891. The van der Waals surface area contributed by atoms with Crippen molar-refractivity contribution < 1.29 is 9.21 Å². The van der Waals surface area contributed by atoms with Crippen LogP contribution in [0.5, 0.6) is 0 Å². The lowest BCUT2D eigenvalue weighted by Crippen LogP contribution is -2.42. The third-order valence-corrected chi connectivity index (χ3v) is 4.13. The normalized spacial score (nSPS) is 13.1. The van der Waals surface area contributed by atoms with Crippen LogP contribution in [0.25, 0.3) is 17.0 Å². The van der Waals surface area contributed by atoms with Crippen molar-refractivity contribution in [1.82, 2.24) is 18.5 Å². The standard InChI is InChI=1S/C14H16N4O4/c1-6(8(3)19)18-12(20)10-11(16(5)14(18)21)15-13-17(10)7(2)9(4)22-13/h6H,1-5H3/t6-/m0/s1. The fourth-order valence-electron chi connectivity index (χ4n) is 2.54. The van der Waals surface area contributed by atoms with Gasteiger partial charge in [-0.25, -0.2) is 9.36 Å². The van der Waals surface area contributed by atoms with Gasteiger partial charge in [0, 0.05) is 7.05 Å². The molecule has 0 saturated heterocycles. The summed E-state index contributed by atoms with van der Waals surface area (Å²) in [6.45, 7) is 6.45. The molecule has 1 atom stereocenters. The van der Waals surface area contributed by atoms with Crippen LogP contribution < -0.4 is 11.2 Å². The summed E-state index contributed by atoms with van der Waals surface area (Å²) in [6, 6.07) is -0.838. The Kier molecular flexibility index (Phi) is 2.88. The number of fused-ring (bicyclic) bond motifs is 3. The summed E-state index contributed by atoms with van der Waals surface area (Å²) in [5, 5.41) is 0. The van der Waals surface area contributed by atoms with E-state index in [0.29, 0.717) is 5.76 Å². The zero-order valence-electron chi connectivity index (χ0n) is 13.0. The van der Waals surface area contributed by atoms with Crippen molar-refractivity contribution in [2.24, 2.45) is 7.05 Å². The molecule has 3 heterocycles. The lowest BCUT2D eigenvalue weighted by atomic mass is 10.2. The van der Waals surface area contributed by atoms with E-state index in [4.69, 9.17) is 4.42 Å². The van der Waals surface area contributed by atoms with Gasteiger partial charge in [0.15, 0.2) is 16.9 Å². The first-order valence-corrected chi connectivity index (χ1v) is 6.85. The number of nitrogens with zero attached hydrogens (tertiary/aromatic N) is 4. The summed E-state index contributed by atoms with van der Waals surface area (Å²) < 4.78 is 9.30. The van der Waals surface area contributed by atoms with Crippen LogP contribution in [0.4, 0.5) is 0 Å². The topological polar surface area (TPSA) is 91.5 Å². The molecule has 0 aromatic carbocycles. The van der Waals surface area contributed by atoms with Gasteiger partial charge in [0.25, 0.3) is 5.56 Å². The fourth-order valence-corrected chi connectivity index (χ4v) is 2.54. The smallest absolute Gasteiger partial charge is 0.333 e. The van der Waals surface area contributed by atoms with Gasteiger partial charge in [-0.1, -0.05) is 0 Å². The van der Waals surface area contributed by atoms with Gasteiger partial charge in [0.1, 0.15) is 5.76 Å². The molecular weight excluding hydrogens is 288 g/mol. The van der Waals surface area contributed by atoms with Crippen LogP contribution in [0.1, 0.15) is 31.3 Å². The van der Waals surface area contributed by atoms with Gasteiger partial charge in [-0.15, -0.1) is 0 Å². The number of oxazole rings is 1. The number of aromatic nitrogens is 4. The van der Waals surface area contributed by atoms with Gasteiger partial charge in [0.2, 0.25) is 0 Å². The van der Waals surface area contributed by atoms with Crippen LogP contribution in [0.2, 0.25) is 0 Å². The number of carbonyl (C=O) groups is 1. The zero-order chi connectivity index (χ0) is 16.3. The lowest BCUT2D eigenvalue weighted by Gasteiger charge is -2.12. The molecule has 0 saturated carbocycles. The molecule has 0 aliphatic heterocycles. The Hall–Kier alpha value is -2.64. The van der Waals surface area contributed by atoms with E-state index in [9.17, 15) is 14.4 Å². The molecule has 3 aromatic heterocycles. The average molecular weight is 304 g/mol. The number of rotatable bonds is 2. The summed E-state index contributed by atoms with van der Waals surface area (Å²) in [7, 11) is 1.52. The third-order valence-electron chi connectivity index (χ3n) is 4.13. The molecule has 3 rings (SSSR count). The number of ketones is 1. The van der Waals surface area contributed by atoms with E-state index < -0.39 is 17.3 Å². The molecular formula is C14H16N4O4. The monoisotopic (exact) mass is 304 g/mol. The first-order chi connectivity index (χ1) is 10.3. The number of aryl methyl sites for hydroxylation is 3. The molecule has 3 aromatic rings. The van der Waals surface area contributed by atoms with Gasteiger partial charge in [-0.05, 0) is 27.7 Å². The maximum atomic E-state index is 12.8. The molecule has 8 nitrogen and oxygen atoms in total. The van der Waals surface area contributed by atoms with E-state index in [1.54, 1.807) is 18.2 Å². The Balaban J connectivity index is 2.60. The van der Waals surface area contributed by atoms with Crippen molar-refractivity contribution in [1.29, 1.82) is 0 Å². The Morgan fingerprint density at radius 1 is 1.27 bits per heavy atom. The van der Waals surface area contributed by atoms with E-state index in [0.717, 1.165) is 10.3 Å². The molecule has 22 heavy (non-hydrogen) atoms. The molecule has 0 unspecified atom stereocenters. The van der Waals surface area contributed by atoms with Crippen molar-refractivity contribution in [3.8, 4) is 0 Å². The average Bonchev–Trinajstić information content (AvgIpc) is 2.94. The van der Waals surface area contributed by atoms with Gasteiger partial charge in [-0.3, -0.25) is 18.6 Å². The minimum absolute atomic E-state index is 0.236. The summed E-state index contributed by atoms with van der Waals surface area (Å²) in [6.07, 6.45) is 0. The lowest BCUT2D eigenvalue weighted by molar-refractivity contribution is -0.119. The van der Waals surface area contributed by atoms with Gasteiger partial charge in [0.05, 0.1) is 11.7 Å². The Labute approximate surface area is 124 Å². The van der Waals surface area contributed by atoms with Crippen LogP contribution >= 0.6 is 0 Å². The van der Waals surface area contributed by atoms with Crippen molar-refractivity contribution >= 4 is 22.8 Å². The molecule has 116 valence electrons. The SMILES string of the molecule is CC(=O)[C@H](C)n1c(=O)c2c(nc3oc(C)c(C)n32)n(C)c1=O. The van der Waals surface area contributed by atoms with Crippen molar-refractivity contribution in [3.05, 3.63) is 32.3 Å². The number of imidazole rings is 1. The predicted octanol–water partition coefficient (Wildman–Crippen LogP) is 0.708. The fraction of sp³-hybridized carbons (Fsp3) is 0.429. The number of hydrogen-bond donors (Lipinski definition) is 0.